The van der Waals surface area contributed by atoms with Gasteiger partial charge in [0.25, 0.3) is 0 Å². The van der Waals surface area contributed by atoms with Crippen molar-refractivity contribution in [1.29, 1.82) is 0 Å². The molecule has 0 heterocycles. The molecule has 1 aliphatic rings. The molecule has 0 aromatic heterocycles. The summed E-state index contributed by atoms with van der Waals surface area (Å²) < 4.78 is 0. The minimum Gasteiger partial charge on any atom is -0.335 e. The number of amides is 1. The van der Waals surface area contributed by atoms with Crippen LogP contribution < -0.4 is 5.73 Å². The number of carbonyl (C=O) groups is 1. The first-order valence-electron chi connectivity index (χ1n) is 5.87. The van der Waals surface area contributed by atoms with Crippen LogP contribution in [0.1, 0.15) is 25.7 Å². The first-order valence-corrected chi connectivity index (χ1v) is 5.87. The number of nitrogens with two attached hydrogens (primary N) is 1. The van der Waals surface area contributed by atoms with Crippen LogP contribution in [0.4, 0.5) is 0 Å². The molecular formula is C13H22N2O. The molecule has 3 heteroatoms. The minimum absolute atomic E-state index is 0.0810. The predicted molar refractivity (Wildman–Crippen MR) is 66.9 cm³/mol. The molecule has 1 fully saturated rings. The lowest BCUT2D eigenvalue weighted by molar-refractivity contribution is -0.134. The van der Waals surface area contributed by atoms with Gasteiger partial charge in [-0.3, -0.25) is 4.79 Å². The topological polar surface area (TPSA) is 46.3 Å². The van der Waals surface area contributed by atoms with Crippen molar-refractivity contribution in [2.45, 2.75) is 25.7 Å². The molecule has 0 spiro atoms. The maximum Gasteiger partial charge on any atom is 0.223 e. The molecule has 90 valence electrons. The van der Waals surface area contributed by atoms with Gasteiger partial charge < -0.3 is 10.6 Å². The fourth-order valence-corrected chi connectivity index (χ4v) is 2.15. The summed E-state index contributed by atoms with van der Waals surface area (Å²) in [6.45, 7) is 9.12. The number of hydrogen-bond donors (Lipinski definition) is 1. The molecule has 1 rings (SSSR count). The summed E-state index contributed by atoms with van der Waals surface area (Å²) in [4.78, 5) is 13.8. The van der Waals surface area contributed by atoms with Gasteiger partial charge in [-0.25, -0.2) is 0 Å². The Morgan fingerprint density at radius 3 is 2.19 bits per heavy atom. The van der Waals surface area contributed by atoms with Crippen molar-refractivity contribution in [3.05, 3.63) is 25.3 Å². The molecule has 1 aliphatic carbocycles. The number of rotatable bonds is 7. The Hall–Kier alpha value is -1.09. The van der Waals surface area contributed by atoms with E-state index in [1.54, 1.807) is 17.1 Å². The second-order valence-electron chi connectivity index (χ2n) is 4.61. The Bertz CT molecular complexity index is 254. The van der Waals surface area contributed by atoms with Crippen LogP contribution in [0.3, 0.4) is 0 Å². The Labute approximate surface area is 98.0 Å². The molecule has 16 heavy (non-hydrogen) atoms. The fourth-order valence-electron chi connectivity index (χ4n) is 2.15. The third-order valence-electron chi connectivity index (χ3n) is 3.43. The second-order valence-corrected chi connectivity index (χ2v) is 4.61. The summed E-state index contributed by atoms with van der Waals surface area (Å²) in [5, 5.41) is 0. The largest absolute Gasteiger partial charge is 0.335 e. The van der Waals surface area contributed by atoms with Crippen molar-refractivity contribution < 1.29 is 4.79 Å². The second kappa shape index (κ2) is 5.85. The molecule has 1 amide bonds. The number of hydrogen-bond acceptors (Lipinski definition) is 2. The van der Waals surface area contributed by atoms with Gasteiger partial charge in [-0.15, -0.1) is 13.2 Å². The molecule has 3 nitrogen and oxygen atoms in total. The normalized spacial score (nSPS) is 17.3. The van der Waals surface area contributed by atoms with Crippen molar-refractivity contribution in [2.75, 3.05) is 19.6 Å². The quantitative estimate of drug-likeness (QED) is 0.666. The first kappa shape index (κ1) is 13.0. The van der Waals surface area contributed by atoms with Crippen LogP contribution in [0, 0.1) is 5.41 Å². The van der Waals surface area contributed by atoms with Crippen LogP contribution in [0.25, 0.3) is 0 Å². The van der Waals surface area contributed by atoms with Gasteiger partial charge in [0.2, 0.25) is 5.91 Å². The summed E-state index contributed by atoms with van der Waals surface area (Å²) in [7, 11) is 0. The molecule has 0 bridgehead atoms. The average Bonchev–Trinajstić information content (AvgIpc) is 2.23. The summed E-state index contributed by atoms with van der Waals surface area (Å²) in [6.07, 6.45) is 7.45. The highest BCUT2D eigenvalue weighted by Crippen LogP contribution is 2.43. The van der Waals surface area contributed by atoms with Crippen LogP contribution in [-0.4, -0.2) is 30.4 Å². The molecule has 0 aromatic rings. The van der Waals surface area contributed by atoms with Gasteiger partial charge in [-0.05, 0) is 24.8 Å². The third kappa shape index (κ3) is 2.95. The highest BCUT2D eigenvalue weighted by atomic mass is 16.2. The van der Waals surface area contributed by atoms with Gasteiger partial charge in [0, 0.05) is 19.5 Å². The van der Waals surface area contributed by atoms with E-state index in [9.17, 15) is 4.79 Å². The summed E-state index contributed by atoms with van der Waals surface area (Å²) >= 11 is 0. The zero-order chi connectivity index (χ0) is 12.0. The number of nitrogens with zero attached hydrogens (tertiary/aromatic N) is 1. The lowest BCUT2D eigenvalue weighted by Gasteiger charge is -2.41. The molecule has 0 aliphatic heterocycles. The Balaban J connectivity index is 2.53. The number of carbonyl (C=O) groups excluding carboxylic acids is 1. The van der Waals surface area contributed by atoms with E-state index in [0.717, 1.165) is 12.8 Å². The van der Waals surface area contributed by atoms with Gasteiger partial charge in [0.1, 0.15) is 0 Å². The summed E-state index contributed by atoms with van der Waals surface area (Å²) in [5.41, 5.74) is 5.84. The van der Waals surface area contributed by atoms with Crippen LogP contribution in [0.2, 0.25) is 0 Å². The maximum atomic E-state index is 12.1. The molecule has 0 radical (unpaired) electrons. The van der Waals surface area contributed by atoms with Gasteiger partial charge in [-0.1, -0.05) is 18.6 Å². The van der Waals surface area contributed by atoms with E-state index in [1.165, 1.54) is 6.42 Å². The maximum absolute atomic E-state index is 12.1. The highest BCUT2D eigenvalue weighted by molar-refractivity contribution is 5.77. The zero-order valence-electron chi connectivity index (χ0n) is 9.95. The van der Waals surface area contributed by atoms with E-state index in [-0.39, 0.29) is 11.3 Å². The SMILES string of the molecule is C=CCN(CC=C)C(=O)CC1(CN)CCC1. The van der Waals surface area contributed by atoms with E-state index in [2.05, 4.69) is 13.2 Å². The Kier molecular flexibility index (Phi) is 4.74. The minimum atomic E-state index is 0.0810. The smallest absolute Gasteiger partial charge is 0.223 e. The van der Waals surface area contributed by atoms with Crippen molar-refractivity contribution in [2.24, 2.45) is 11.1 Å². The van der Waals surface area contributed by atoms with Crippen LogP contribution >= 0.6 is 0 Å². The standard InChI is InChI=1S/C13H22N2O/c1-3-8-15(9-4-2)12(16)10-13(11-14)6-5-7-13/h3-4H,1-2,5-11,14H2. The van der Waals surface area contributed by atoms with Gasteiger partial charge in [0.05, 0.1) is 0 Å². The van der Waals surface area contributed by atoms with Crippen molar-refractivity contribution >= 4 is 5.91 Å². The van der Waals surface area contributed by atoms with E-state index in [1.807, 2.05) is 0 Å². The van der Waals surface area contributed by atoms with Crippen LogP contribution in [0.15, 0.2) is 25.3 Å². The third-order valence-corrected chi connectivity index (χ3v) is 3.43. The highest BCUT2D eigenvalue weighted by Gasteiger charge is 2.38. The molecule has 0 saturated heterocycles. The van der Waals surface area contributed by atoms with Crippen molar-refractivity contribution in [1.82, 2.24) is 4.90 Å². The zero-order valence-corrected chi connectivity index (χ0v) is 9.95. The van der Waals surface area contributed by atoms with Gasteiger partial charge in [0.15, 0.2) is 0 Å². The Morgan fingerprint density at radius 2 is 1.88 bits per heavy atom. The van der Waals surface area contributed by atoms with E-state index in [0.29, 0.717) is 26.1 Å². The van der Waals surface area contributed by atoms with Crippen LogP contribution in [-0.2, 0) is 4.79 Å². The monoisotopic (exact) mass is 222 g/mol. The summed E-state index contributed by atoms with van der Waals surface area (Å²) in [6, 6.07) is 0. The van der Waals surface area contributed by atoms with Gasteiger partial charge in [-0.2, -0.15) is 0 Å². The van der Waals surface area contributed by atoms with Gasteiger partial charge >= 0.3 is 0 Å². The van der Waals surface area contributed by atoms with Crippen molar-refractivity contribution in [3.63, 3.8) is 0 Å². The van der Waals surface area contributed by atoms with E-state index in [4.69, 9.17) is 5.73 Å². The molecule has 0 unspecified atom stereocenters. The average molecular weight is 222 g/mol. The fraction of sp³-hybridized carbons (Fsp3) is 0.615. The molecule has 0 atom stereocenters. The lowest BCUT2D eigenvalue weighted by atomic mass is 9.66. The molecule has 1 saturated carbocycles. The first-order chi connectivity index (χ1) is 7.67. The lowest BCUT2D eigenvalue weighted by Crippen LogP contribution is -2.43. The van der Waals surface area contributed by atoms with Crippen LogP contribution in [0.5, 0.6) is 0 Å². The summed E-state index contributed by atoms with van der Waals surface area (Å²) in [5.74, 6) is 0.171. The molecule has 0 aromatic carbocycles. The Morgan fingerprint density at radius 1 is 1.31 bits per heavy atom. The van der Waals surface area contributed by atoms with Crippen molar-refractivity contribution in [3.8, 4) is 0 Å². The van der Waals surface area contributed by atoms with E-state index >= 15 is 0 Å². The molecular weight excluding hydrogens is 200 g/mol. The predicted octanol–water partition coefficient (Wildman–Crippen LogP) is 1.71. The molecule has 2 N–H and O–H groups in total. The van der Waals surface area contributed by atoms with E-state index < -0.39 is 0 Å².